The van der Waals surface area contributed by atoms with E-state index in [0.29, 0.717) is 11.9 Å². The lowest BCUT2D eigenvalue weighted by Crippen LogP contribution is -2.50. The Labute approximate surface area is 129 Å². The van der Waals surface area contributed by atoms with Crippen LogP contribution in [0.15, 0.2) is 29.4 Å². The Morgan fingerprint density at radius 1 is 1.14 bits per heavy atom. The number of hydrogen-bond donors (Lipinski definition) is 1. The summed E-state index contributed by atoms with van der Waals surface area (Å²) in [6, 6.07) is 5.91. The first-order valence-corrected chi connectivity index (χ1v) is 8.18. The van der Waals surface area contributed by atoms with Crippen LogP contribution in [0.4, 0.5) is 5.95 Å². The molecule has 4 aliphatic rings. The summed E-state index contributed by atoms with van der Waals surface area (Å²) in [6.07, 6.45) is 8.51. The van der Waals surface area contributed by atoms with Crippen molar-refractivity contribution < 1.29 is 0 Å². The molecule has 6 nitrogen and oxygen atoms in total. The van der Waals surface area contributed by atoms with E-state index in [1.807, 2.05) is 28.8 Å². The maximum absolute atomic E-state index is 6.29. The van der Waals surface area contributed by atoms with E-state index in [2.05, 4.69) is 15.1 Å². The van der Waals surface area contributed by atoms with Gasteiger partial charge >= 0.3 is 0 Å². The molecule has 0 aromatic carbocycles. The first-order chi connectivity index (χ1) is 10.8. The van der Waals surface area contributed by atoms with Gasteiger partial charge in [0.2, 0.25) is 5.95 Å². The molecule has 0 radical (unpaired) electrons. The normalized spacial score (nSPS) is 33.8. The first kappa shape index (κ1) is 12.4. The lowest BCUT2D eigenvalue weighted by atomic mass is 9.60. The molecule has 2 N–H and O–H groups in total. The van der Waals surface area contributed by atoms with Crippen LogP contribution >= 0.6 is 0 Å². The number of pyridine rings is 1. The minimum absolute atomic E-state index is 0.0197. The Bertz CT molecular complexity index is 757. The minimum Gasteiger partial charge on any atom is -0.369 e. The van der Waals surface area contributed by atoms with Crippen LogP contribution in [0.1, 0.15) is 32.1 Å². The monoisotopic (exact) mass is 296 g/mol. The van der Waals surface area contributed by atoms with Crippen molar-refractivity contribution >= 4 is 17.6 Å². The SMILES string of the molecule is NC1=NC2(CC3CCC2CC3)CN1c1nnc2ccccn12. The number of rotatable bonds is 1. The molecular formula is C16H20N6. The molecule has 2 aromatic rings. The van der Waals surface area contributed by atoms with Gasteiger partial charge in [-0.2, -0.15) is 0 Å². The molecule has 1 spiro atoms. The first-order valence-electron chi connectivity index (χ1n) is 8.18. The minimum atomic E-state index is 0.0197. The Hall–Kier alpha value is -2.11. The van der Waals surface area contributed by atoms with Crippen LogP contribution in [-0.2, 0) is 0 Å². The third-order valence-electron chi connectivity index (χ3n) is 5.83. The average molecular weight is 296 g/mol. The third-order valence-corrected chi connectivity index (χ3v) is 5.83. The zero-order valence-corrected chi connectivity index (χ0v) is 12.5. The fourth-order valence-corrected chi connectivity index (χ4v) is 4.77. The molecule has 0 saturated heterocycles. The Morgan fingerprint density at radius 2 is 2.00 bits per heavy atom. The van der Waals surface area contributed by atoms with Crippen molar-refractivity contribution in [2.24, 2.45) is 22.6 Å². The number of guanidine groups is 1. The Balaban J connectivity index is 1.54. The van der Waals surface area contributed by atoms with Crippen LogP contribution < -0.4 is 10.6 Å². The standard InChI is InChI=1S/C16H20N6/c17-14-18-16(9-11-4-6-12(16)7-5-11)10-22(14)15-20-19-13-3-1-2-8-21(13)15/h1-3,8,11-12H,4-7,9-10H2,(H2,17,18). The van der Waals surface area contributed by atoms with E-state index in [4.69, 9.17) is 10.7 Å². The van der Waals surface area contributed by atoms with Gasteiger partial charge in [0.25, 0.3) is 0 Å². The number of nitrogens with two attached hydrogens (primary N) is 1. The van der Waals surface area contributed by atoms with Crippen LogP contribution in [0, 0.1) is 11.8 Å². The number of aromatic nitrogens is 3. The molecule has 6 rings (SSSR count). The van der Waals surface area contributed by atoms with E-state index in [0.717, 1.165) is 24.1 Å². The van der Waals surface area contributed by atoms with Crippen LogP contribution in [0.5, 0.6) is 0 Å². The third kappa shape index (κ3) is 1.58. The lowest BCUT2D eigenvalue weighted by Gasteiger charge is -2.47. The average Bonchev–Trinajstić information content (AvgIpc) is 3.10. The quantitative estimate of drug-likeness (QED) is 0.871. The summed E-state index contributed by atoms with van der Waals surface area (Å²) in [5.41, 5.74) is 7.16. The molecular weight excluding hydrogens is 276 g/mol. The molecule has 1 aliphatic heterocycles. The second-order valence-electron chi connectivity index (χ2n) is 7.01. The molecule has 6 heteroatoms. The van der Waals surface area contributed by atoms with Crippen molar-refractivity contribution in [1.29, 1.82) is 0 Å². The van der Waals surface area contributed by atoms with Crippen molar-refractivity contribution in [2.75, 3.05) is 11.4 Å². The van der Waals surface area contributed by atoms with E-state index in [-0.39, 0.29) is 5.54 Å². The van der Waals surface area contributed by atoms with Gasteiger partial charge in [0.05, 0.1) is 12.1 Å². The molecule has 2 aromatic heterocycles. The van der Waals surface area contributed by atoms with Crippen molar-refractivity contribution in [1.82, 2.24) is 14.6 Å². The summed E-state index contributed by atoms with van der Waals surface area (Å²) in [5, 5.41) is 8.59. The zero-order valence-electron chi connectivity index (χ0n) is 12.5. The van der Waals surface area contributed by atoms with Gasteiger partial charge < -0.3 is 5.73 Å². The van der Waals surface area contributed by atoms with Crippen molar-refractivity contribution in [3.8, 4) is 0 Å². The summed E-state index contributed by atoms with van der Waals surface area (Å²) in [5.74, 6) is 2.90. The number of aliphatic imine (C=N–C) groups is 1. The van der Waals surface area contributed by atoms with Gasteiger partial charge in [-0.05, 0) is 43.2 Å². The molecule has 1 unspecified atom stereocenters. The largest absolute Gasteiger partial charge is 0.369 e. The van der Waals surface area contributed by atoms with Crippen LogP contribution in [0.25, 0.3) is 5.65 Å². The van der Waals surface area contributed by atoms with Crippen molar-refractivity contribution in [3.63, 3.8) is 0 Å². The second kappa shape index (κ2) is 4.21. The van der Waals surface area contributed by atoms with E-state index >= 15 is 0 Å². The van der Waals surface area contributed by atoms with Gasteiger partial charge in [-0.15, -0.1) is 10.2 Å². The highest BCUT2D eigenvalue weighted by atomic mass is 15.4. The topological polar surface area (TPSA) is 71.8 Å². The van der Waals surface area contributed by atoms with Crippen LogP contribution in [0.2, 0.25) is 0 Å². The van der Waals surface area contributed by atoms with Gasteiger partial charge in [-0.3, -0.25) is 9.30 Å². The van der Waals surface area contributed by atoms with Gasteiger partial charge in [-0.1, -0.05) is 18.9 Å². The number of anilines is 1. The summed E-state index contributed by atoms with van der Waals surface area (Å²) in [6.45, 7) is 0.857. The van der Waals surface area contributed by atoms with E-state index in [9.17, 15) is 0 Å². The molecule has 22 heavy (non-hydrogen) atoms. The second-order valence-corrected chi connectivity index (χ2v) is 7.01. The highest BCUT2D eigenvalue weighted by Crippen LogP contribution is 2.51. The molecule has 3 heterocycles. The van der Waals surface area contributed by atoms with Gasteiger partial charge in [0.15, 0.2) is 11.6 Å². The van der Waals surface area contributed by atoms with Gasteiger partial charge in [0.1, 0.15) is 0 Å². The molecule has 3 fully saturated rings. The smallest absolute Gasteiger partial charge is 0.238 e. The van der Waals surface area contributed by atoms with Crippen molar-refractivity contribution in [3.05, 3.63) is 24.4 Å². The Kier molecular flexibility index (Phi) is 2.38. The fourth-order valence-electron chi connectivity index (χ4n) is 4.77. The Morgan fingerprint density at radius 3 is 2.77 bits per heavy atom. The molecule has 114 valence electrons. The van der Waals surface area contributed by atoms with Gasteiger partial charge in [-0.25, -0.2) is 4.99 Å². The van der Waals surface area contributed by atoms with E-state index in [1.54, 1.807) is 0 Å². The fraction of sp³-hybridized carbons (Fsp3) is 0.562. The predicted molar refractivity (Wildman–Crippen MR) is 84.8 cm³/mol. The molecule has 3 saturated carbocycles. The van der Waals surface area contributed by atoms with Gasteiger partial charge in [0, 0.05) is 6.20 Å². The number of nitrogens with zero attached hydrogens (tertiary/aromatic N) is 5. The maximum Gasteiger partial charge on any atom is 0.238 e. The number of fused-ring (bicyclic) bond motifs is 3. The molecule has 3 aliphatic carbocycles. The summed E-state index contributed by atoms with van der Waals surface area (Å²) >= 11 is 0. The highest BCUT2D eigenvalue weighted by Gasteiger charge is 2.52. The molecule has 2 bridgehead atoms. The lowest BCUT2D eigenvalue weighted by molar-refractivity contribution is 0.0829. The summed E-state index contributed by atoms with van der Waals surface area (Å²) in [7, 11) is 0. The number of hydrogen-bond acceptors (Lipinski definition) is 5. The maximum atomic E-state index is 6.29. The van der Waals surface area contributed by atoms with E-state index < -0.39 is 0 Å². The van der Waals surface area contributed by atoms with E-state index in [1.165, 1.54) is 32.1 Å². The summed E-state index contributed by atoms with van der Waals surface area (Å²) < 4.78 is 1.99. The zero-order chi connectivity index (χ0) is 14.7. The van der Waals surface area contributed by atoms with Crippen molar-refractivity contribution in [2.45, 2.75) is 37.6 Å². The highest BCUT2D eigenvalue weighted by molar-refractivity contribution is 5.96. The molecule has 0 amide bonds. The predicted octanol–water partition coefficient (Wildman–Crippen LogP) is 1.81. The molecule has 1 atom stereocenters. The summed E-state index contributed by atoms with van der Waals surface area (Å²) in [4.78, 5) is 7.00. The van der Waals surface area contributed by atoms with Crippen LogP contribution in [-0.4, -0.2) is 32.6 Å². The van der Waals surface area contributed by atoms with Crippen LogP contribution in [0.3, 0.4) is 0 Å².